The summed E-state index contributed by atoms with van der Waals surface area (Å²) in [6, 6.07) is 0. The summed E-state index contributed by atoms with van der Waals surface area (Å²) in [6.07, 6.45) is 0. The van der Waals surface area contributed by atoms with Crippen molar-refractivity contribution in [1.82, 2.24) is 63.2 Å². The molecule has 0 saturated carbocycles. The van der Waals surface area contributed by atoms with Crippen LogP contribution in [0.5, 0.6) is 0 Å². The summed E-state index contributed by atoms with van der Waals surface area (Å²) in [5.41, 5.74) is 5.48. The van der Waals surface area contributed by atoms with Gasteiger partial charge >= 0.3 is 17.1 Å². The molecule has 5 rings (SSSR count). The zero-order chi connectivity index (χ0) is 40.4. The van der Waals surface area contributed by atoms with Crippen LogP contribution in [0, 0.1) is 83.1 Å². The topological polar surface area (TPSA) is 213 Å². The molecule has 52 heavy (non-hydrogen) atoms. The van der Waals surface area contributed by atoms with Gasteiger partial charge < -0.3 is 4.57 Å². The van der Waals surface area contributed by atoms with Crippen LogP contribution in [0.3, 0.4) is 0 Å². The van der Waals surface area contributed by atoms with Crippen LogP contribution in [0.1, 0.15) is 68.6 Å². The highest BCUT2D eigenvalue weighted by atomic mass is 16.2. The molecule has 0 unspecified atom stereocenters. The predicted octanol–water partition coefficient (Wildman–Crippen LogP) is 0.788. The molecule has 5 aromatic rings. The number of aryl methyl sites for hydroxylation is 10. The van der Waals surface area contributed by atoms with Crippen LogP contribution in [0.25, 0.3) is 0 Å². The molecular weight excluding hydrogens is 670 g/mol. The Bertz CT molecular complexity index is 2220. The fourth-order valence-corrected chi connectivity index (χ4v) is 3.88. The van der Waals surface area contributed by atoms with Gasteiger partial charge in [-0.15, -0.1) is 0 Å². The third-order valence-electron chi connectivity index (χ3n) is 8.31. The van der Waals surface area contributed by atoms with E-state index in [0.29, 0.717) is 28.9 Å². The number of hydrogen-bond donors (Lipinski definition) is 0. The lowest BCUT2D eigenvalue weighted by atomic mass is 10.2. The highest BCUT2D eigenvalue weighted by Crippen LogP contribution is 2.04. The van der Waals surface area contributed by atoms with Crippen LogP contribution in [0.15, 0.2) is 24.0 Å². The van der Waals surface area contributed by atoms with Gasteiger partial charge in [-0.05, 0) is 88.6 Å². The van der Waals surface area contributed by atoms with Gasteiger partial charge in [0.05, 0.1) is 11.4 Å². The van der Waals surface area contributed by atoms with Crippen molar-refractivity contribution < 1.29 is 0 Å². The van der Waals surface area contributed by atoms with E-state index in [1.54, 1.807) is 79.0 Å². The van der Waals surface area contributed by atoms with Gasteiger partial charge in [0, 0.05) is 57.9 Å². The summed E-state index contributed by atoms with van der Waals surface area (Å²) >= 11 is 0. The van der Waals surface area contributed by atoms with E-state index in [4.69, 9.17) is 0 Å². The summed E-state index contributed by atoms with van der Waals surface area (Å²) in [5.74, 6) is 2.62. The molecule has 282 valence electrons. The number of rotatable bonds is 0. The minimum absolute atomic E-state index is 0.113. The molecule has 0 amide bonds. The van der Waals surface area contributed by atoms with Gasteiger partial charge in [0.2, 0.25) is 0 Å². The molecule has 5 heterocycles. The first-order chi connectivity index (χ1) is 23.9. The molecule has 0 atom stereocenters. The molecule has 5 aromatic heterocycles. The maximum absolute atomic E-state index is 11.1. The number of aromatic nitrogens is 13. The largest absolute Gasteiger partial charge is 0.363 e. The third-order valence-corrected chi connectivity index (χ3v) is 8.31. The normalized spacial score (nSPS) is 10.0. The Morgan fingerprint density at radius 1 is 0.365 bits per heavy atom. The minimum Gasteiger partial charge on any atom is -0.337 e. The number of nitrogens with zero attached hydrogens (tertiary/aromatic N) is 13. The second kappa shape index (κ2) is 19.0. The van der Waals surface area contributed by atoms with E-state index in [0.717, 1.165) is 39.7 Å². The van der Waals surface area contributed by atoms with Crippen LogP contribution in [-0.4, -0.2) is 63.2 Å². The van der Waals surface area contributed by atoms with Gasteiger partial charge in [-0.1, -0.05) is 0 Å². The van der Waals surface area contributed by atoms with Gasteiger partial charge in [0.1, 0.15) is 29.0 Å². The Labute approximate surface area is 302 Å². The molecule has 0 aliphatic heterocycles. The average Bonchev–Trinajstić information content (AvgIpc) is 3.06. The summed E-state index contributed by atoms with van der Waals surface area (Å²) in [5, 5.41) is 7.83. The third kappa shape index (κ3) is 12.2. The van der Waals surface area contributed by atoms with Crippen LogP contribution >= 0.6 is 0 Å². The second-order valence-corrected chi connectivity index (χ2v) is 12.0. The standard InChI is InChI=1S/2C8H12N2O.3C6H9N3O/c1-5-6(2)10(4)7(3)9-8(5)11;1-5-6(2)9-8(11)10(4)7(5)3;1-4-7-5(2)9(3)6(10)8-4;1-4-6(10)7-5(2)9(3)8-4;1-4-5(2)8-9(3)6(10)7-4/h2*1-4H3;3*1-3H3. The van der Waals surface area contributed by atoms with Gasteiger partial charge in [0.15, 0.2) is 0 Å². The van der Waals surface area contributed by atoms with Crippen molar-refractivity contribution in [3.63, 3.8) is 0 Å². The quantitative estimate of drug-likeness (QED) is 0.217. The molecule has 0 aliphatic carbocycles. The Morgan fingerprint density at radius 2 is 0.827 bits per heavy atom. The molecular formula is C34H51N13O5. The fourth-order valence-electron chi connectivity index (χ4n) is 3.88. The summed E-state index contributed by atoms with van der Waals surface area (Å²) in [6.45, 7) is 21.7. The van der Waals surface area contributed by atoms with Crippen molar-refractivity contribution in [1.29, 1.82) is 0 Å². The van der Waals surface area contributed by atoms with Gasteiger partial charge in [0.25, 0.3) is 11.1 Å². The summed E-state index contributed by atoms with van der Waals surface area (Å²) < 4.78 is 7.69. The van der Waals surface area contributed by atoms with Crippen molar-refractivity contribution in [3.8, 4) is 0 Å². The lowest BCUT2D eigenvalue weighted by Gasteiger charge is -2.08. The van der Waals surface area contributed by atoms with Gasteiger partial charge in [-0.25, -0.2) is 24.0 Å². The first kappa shape index (κ1) is 44.2. The van der Waals surface area contributed by atoms with Crippen molar-refractivity contribution in [2.45, 2.75) is 83.1 Å². The van der Waals surface area contributed by atoms with E-state index < -0.39 is 0 Å². The van der Waals surface area contributed by atoms with E-state index in [1.807, 2.05) is 53.2 Å². The van der Waals surface area contributed by atoms with Crippen LogP contribution < -0.4 is 28.2 Å². The van der Waals surface area contributed by atoms with E-state index in [2.05, 4.69) is 40.1 Å². The second-order valence-electron chi connectivity index (χ2n) is 12.0. The molecule has 0 aromatic carbocycles. The first-order valence-corrected chi connectivity index (χ1v) is 16.1. The zero-order valence-electron chi connectivity index (χ0n) is 33.4. The predicted molar refractivity (Wildman–Crippen MR) is 198 cm³/mol. The molecule has 18 heteroatoms. The van der Waals surface area contributed by atoms with Crippen LogP contribution in [-0.2, 0) is 35.2 Å². The lowest BCUT2D eigenvalue weighted by Crippen LogP contribution is -2.24. The van der Waals surface area contributed by atoms with Crippen molar-refractivity contribution in [2.24, 2.45) is 35.2 Å². The van der Waals surface area contributed by atoms with Crippen LogP contribution in [0.2, 0.25) is 0 Å². The first-order valence-electron chi connectivity index (χ1n) is 16.1. The van der Waals surface area contributed by atoms with Crippen molar-refractivity contribution in [3.05, 3.63) is 121 Å². The maximum atomic E-state index is 11.1. The molecule has 0 saturated heterocycles. The zero-order valence-corrected chi connectivity index (χ0v) is 33.4. The van der Waals surface area contributed by atoms with Crippen molar-refractivity contribution in [2.75, 3.05) is 0 Å². The van der Waals surface area contributed by atoms with Gasteiger partial charge in [-0.2, -0.15) is 35.1 Å². The van der Waals surface area contributed by atoms with E-state index in [-0.39, 0.29) is 28.2 Å². The molecule has 18 nitrogen and oxygen atoms in total. The maximum Gasteiger partial charge on any atom is 0.363 e. The van der Waals surface area contributed by atoms with E-state index >= 15 is 0 Å². The van der Waals surface area contributed by atoms with Gasteiger partial charge in [-0.3, -0.25) is 23.4 Å². The Kier molecular flexibility index (Phi) is 16.1. The Balaban J connectivity index is 0.000000325. The Hall–Kier alpha value is -5.81. The SMILES string of the molecule is Cc1c(C)n(C)c(C)nc1=O.Cc1nc(=O)n(C)c(C)c1C.Cc1nc(=O)n(C)nc1C.Cc1nc(C)n(C)c(=O)n1.Cc1nn(C)c(C)nc1=O. The molecule has 0 radical (unpaired) electrons. The van der Waals surface area contributed by atoms with Crippen molar-refractivity contribution >= 4 is 0 Å². The average molecular weight is 722 g/mol. The minimum atomic E-state index is -0.303. The van der Waals surface area contributed by atoms with Crippen LogP contribution in [0.4, 0.5) is 0 Å². The fraction of sp³-hybridized carbons (Fsp3) is 0.500. The summed E-state index contributed by atoms with van der Waals surface area (Å²) in [7, 11) is 8.63. The highest BCUT2D eigenvalue weighted by Gasteiger charge is 2.04. The molecule has 0 aliphatic rings. The van der Waals surface area contributed by atoms with E-state index in [9.17, 15) is 24.0 Å². The lowest BCUT2D eigenvalue weighted by molar-refractivity contribution is 0.650. The number of hydrogen-bond acceptors (Lipinski definition) is 13. The Morgan fingerprint density at radius 3 is 1.35 bits per heavy atom. The highest BCUT2D eigenvalue weighted by molar-refractivity contribution is 5.21. The molecule has 0 N–H and O–H groups in total. The summed E-state index contributed by atoms with van der Waals surface area (Å²) in [4.78, 5) is 77.3. The smallest absolute Gasteiger partial charge is 0.337 e. The van der Waals surface area contributed by atoms with E-state index in [1.165, 1.54) is 9.25 Å². The molecule has 0 bridgehead atoms. The molecule has 0 fully saturated rings. The molecule has 0 spiro atoms. The monoisotopic (exact) mass is 721 g/mol.